The number of halogens is 3. The molecule has 3 rings (SSSR count). The lowest BCUT2D eigenvalue weighted by molar-refractivity contribution is 0.152. The number of nitrogens with two attached hydrogens (primary N) is 1. The Hall–Kier alpha value is -2.13. The molecule has 4 N–H and O–H groups in total. The second-order valence-corrected chi connectivity index (χ2v) is 6.86. The van der Waals surface area contributed by atoms with Crippen molar-refractivity contribution in [3.05, 3.63) is 46.2 Å². The summed E-state index contributed by atoms with van der Waals surface area (Å²) in [5.41, 5.74) is 7.67. The molecule has 0 saturated heterocycles. The molecule has 10 heteroatoms. The van der Waals surface area contributed by atoms with Gasteiger partial charge in [-0.1, -0.05) is 11.6 Å². The maximum atomic E-state index is 13.3. The van der Waals surface area contributed by atoms with Crippen molar-refractivity contribution in [3.63, 3.8) is 0 Å². The smallest absolute Gasteiger partial charge is 0.226 e. The Bertz CT molecular complexity index is 953. The van der Waals surface area contributed by atoms with Gasteiger partial charge in [0.05, 0.1) is 12.6 Å². The van der Waals surface area contributed by atoms with Gasteiger partial charge in [0.1, 0.15) is 12.4 Å². The number of H-pyrrole nitrogens is 1. The van der Waals surface area contributed by atoms with Crippen LogP contribution in [0.3, 0.4) is 0 Å². The van der Waals surface area contributed by atoms with Crippen molar-refractivity contribution in [1.29, 1.82) is 0 Å². The van der Waals surface area contributed by atoms with Gasteiger partial charge in [0.25, 0.3) is 0 Å². The molecular weight excluding hydrogens is 408 g/mol. The number of fused-ring (bicyclic) bond motifs is 1. The molecule has 0 aliphatic rings. The normalized spacial score (nSPS) is 12.3. The molecule has 28 heavy (non-hydrogen) atoms. The summed E-state index contributed by atoms with van der Waals surface area (Å²) in [5, 5.41) is 4.22. The van der Waals surface area contributed by atoms with Crippen LogP contribution in [0.4, 0.5) is 10.2 Å². The van der Waals surface area contributed by atoms with Crippen LogP contribution in [0.25, 0.3) is 10.9 Å². The Labute approximate surface area is 171 Å². The summed E-state index contributed by atoms with van der Waals surface area (Å²) in [6.07, 6.45) is 2.51. The van der Waals surface area contributed by atoms with Gasteiger partial charge in [0, 0.05) is 30.8 Å². The summed E-state index contributed by atoms with van der Waals surface area (Å²) >= 11 is 12.1. The Morgan fingerprint density at radius 2 is 2.11 bits per heavy atom. The predicted molar refractivity (Wildman–Crippen MR) is 108 cm³/mol. The fourth-order valence-electron chi connectivity index (χ4n) is 2.78. The fraction of sp³-hybridized carbons (Fsp3) is 0.333. The molecule has 0 aliphatic carbocycles. The number of anilines is 1. The number of nitrogens with one attached hydrogen (secondary N) is 2. The third kappa shape index (κ3) is 5.02. The SMILES string of the molecule is COC[C@@H](N)COc1c(Cl)nc(Cl)nc1NCCc1c[nH]c2cc(F)ccc12. The zero-order chi connectivity index (χ0) is 20.1. The average Bonchev–Trinajstić information content (AvgIpc) is 3.03. The molecule has 0 aliphatic heterocycles. The monoisotopic (exact) mass is 427 g/mol. The summed E-state index contributed by atoms with van der Waals surface area (Å²) < 4.78 is 24.0. The quantitative estimate of drug-likeness (QED) is 0.357. The van der Waals surface area contributed by atoms with E-state index < -0.39 is 0 Å². The number of benzene rings is 1. The third-order valence-electron chi connectivity index (χ3n) is 4.04. The van der Waals surface area contributed by atoms with E-state index in [2.05, 4.69) is 20.3 Å². The van der Waals surface area contributed by atoms with Gasteiger partial charge < -0.3 is 25.5 Å². The summed E-state index contributed by atoms with van der Waals surface area (Å²) in [5.74, 6) is 0.372. The number of methoxy groups -OCH3 is 1. The molecule has 0 radical (unpaired) electrons. The van der Waals surface area contributed by atoms with Gasteiger partial charge in [0.2, 0.25) is 5.28 Å². The standard InChI is InChI=1S/C18H20Cl2FN5O2/c1-27-8-12(22)9-28-15-16(19)25-18(20)26-17(15)23-5-4-10-7-24-14-6-11(21)2-3-13(10)14/h2-3,6-7,12,24H,4-5,8-9,22H2,1H3,(H,23,25,26)/t12-/m1/s1. The second-order valence-electron chi connectivity index (χ2n) is 6.17. The van der Waals surface area contributed by atoms with Crippen LogP contribution in [0.2, 0.25) is 10.4 Å². The lowest BCUT2D eigenvalue weighted by atomic mass is 10.1. The molecule has 7 nitrogen and oxygen atoms in total. The van der Waals surface area contributed by atoms with Crippen molar-refractivity contribution in [2.45, 2.75) is 12.5 Å². The van der Waals surface area contributed by atoms with Crippen LogP contribution in [-0.2, 0) is 11.2 Å². The van der Waals surface area contributed by atoms with Crippen molar-refractivity contribution < 1.29 is 13.9 Å². The molecule has 0 unspecified atom stereocenters. The van der Waals surface area contributed by atoms with Gasteiger partial charge in [-0.25, -0.2) is 9.37 Å². The van der Waals surface area contributed by atoms with E-state index in [1.165, 1.54) is 12.1 Å². The van der Waals surface area contributed by atoms with Crippen molar-refractivity contribution in [2.75, 3.05) is 32.2 Å². The molecule has 0 saturated carbocycles. The molecule has 150 valence electrons. The summed E-state index contributed by atoms with van der Waals surface area (Å²) in [6.45, 7) is 1.05. The number of ether oxygens (including phenoxy) is 2. The number of nitrogens with zero attached hydrogens (tertiary/aromatic N) is 2. The first-order valence-corrected chi connectivity index (χ1v) is 9.33. The van der Waals surface area contributed by atoms with Crippen molar-refractivity contribution in [2.24, 2.45) is 5.73 Å². The van der Waals surface area contributed by atoms with Crippen molar-refractivity contribution in [1.82, 2.24) is 15.0 Å². The average molecular weight is 428 g/mol. The first kappa shape index (κ1) is 20.6. The zero-order valence-corrected chi connectivity index (χ0v) is 16.6. The minimum absolute atomic E-state index is 0.00334. The molecule has 1 atom stereocenters. The van der Waals surface area contributed by atoms with Gasteiger partial charge in [-0.2, -0.15) is 4.98 Å². The van der Waals surface area contributed by atoms with E-state index in [1.807, 2.05) is 6.20 Å². The van der Waals surface area contributed by atoms with E-state index in [-0.39, 0.29) is 34.7 Å². The van der Waals surface area contributed by atoms with E-state index in [0.717, 1.165) is 16.5 Å². The van der Waals surface area contributed by atoms with Gasteiger partial charge in [-0.05, 0) is 41.8 Å². The van der Waals surface area contributed by atoms with Gasteiger partial charge in [0.15, 0.2) is 16.7 Å². The first-order chi connectivity index (χ1) is 13.5. The Kier molecular flexibility index (Phi) is 6.90. The molecule has 0 amide bonds. The molecule has 0 fully saturated rings. The highest BCUT2D eigenvalue weighted by Crippen LogP contribution is 2.31. The molecule has 2 aromatic heterocycles. The lowest BCUT2D eigenvalue weighted by Gasteiger charge is -2.16. The minimum atomic E-state index is -0.323. The first-order valence-electron chi connectivity index (χ1n) is 8.57. The van der Waals surface area contributed by atoms with E-state index in [9.17, 15) is 4.39 Å². The van der Waals surface area contributed by atoms with Crippen LogP contribution in [0, 0.1) is 5.82 Å². The highest BCUT2D eigenvalue weighted by Gasteiger charge is 2.16. The predicted octanol–water partition coefficient (Wildman–Crippen LogP) is 3.41. The van der Waals surface area contributed by atoms with Crippen LogP contribution >= 0.6 is 23.2 Å². The lowest BCUT2D eigenvalue weighted by Crippen LogP contribution is -2.32. The molecule has 1 aromatic carbocycles. The van der Waals surface area contributed by atoms with E-state index in [4.69, 9.17) is 38.4 Å². The van der Waals surface area contributed by atoms with Crippen LogP contribution in [0.5, 0.6) is 5.75 Å². The number of hydrogen-bond donors (Lipinski definition) is 3. The van der Waals surface area contributed by atoms with Gasteiger partial charge >= 0.3 is 0 Å². The van der Waals surface area contributed by atoms with Crippen LogP contribution in [0.1, 0.15) is 5.56 Å². The van der Waals surface area contributed by atoms with E-state index in [1.54, 1.807) is 13.2 Å². The molecular formula is C18H20Cl2FN5O2. The second kappa shape index (κ2) is 9.38. The van der Waals surface area contributed by atoms with Crippen LogP contribution in [0.15, 0.2) is 24.4 Å². The van der Waals surface area contributed by atoms with Crippen molar-refractivity contribution >= 4 is 39.9 Å². The topological polar surface area (TPSA) is 98.1 Å². The molecule has 2 heterocycles. The fourth-order valence-corrected chi connectivity index (χ4v) is 3.22. The van der Waals surface area contributed by atoms with Gasteiger partial charge in [-0.15, -0.1) is 0 Å². The molecule has 0 spiro atoms. The maximum absolute atomic E-state index is 13.3. The van der Waals surface area contributed by atoms with Crippen LogP contribution < -0.4 is 15.8 Å². The zero-order valence-electron chi connectivity index (χ0n) is 15.1. The van der Waals surface area contributed by atoms with Gasteiger partial charge in [-0.3, -0.25) is 0 Å². The minimum Gasteiger partial charge on any atom is -0.485 e. The van der Waals surface area contributed by atoms with Crippen molar-refractivity contribution in [3.8, 4) is 5.75 Å². The Balaban J connectivity index is 1.68. The molecule has 0 bridgehead atoms. The van der Waals surface area contributed by atoms with E-state index >= 15 is 0 Å². The number of aromatic amines is 1. The Morgan fingerprint density at radius 3 is 2.89 bits per heavy atom. The van der Waals surface area contributed by atoms with E-state index in [0.29, 0.717) is 25.4 Å². The number of aromatic nitrogens is 3. The van der Waals surface area contributed by atoms with Crippen LogP contribution in [-0.4, -0.2) is 47.9 Å². The summed E-state index contributed by atoms with van der Waals surface area (Å²) in [6, 6.07) is 4.33. The molecule has 3 aromatic rings. The third-order valence-corrected chi connectivity index (χ3v) is 4.46. The highest BCUT2D eigenvalue weighted by molar-refractivity contribution is 6.33. The largest absolute Gasteiger partial charge is 0.485 e. The number of rotatable bonds is 9. The Morgan fingerprint density at radius 1 is 1.29 bits per heavy atom. The maximum Gasteiger partial charge on any atom is 0.226 e. The summed E-state index contributed by atoms with van der Waals surface area (Å²) in [7, 11) is 1.56. The summed E-state index contributed by atoms with van der Waals surface area (Å²) in [4.78, 5) is 11.1. The number of hydrogen-bond acceptors (Lipinski definition) is 6. The highest BCUT2D eigenvalue weighted by atomic mass is 35.5.